The van der Waals surface area contributed by atoms with Crippen LogP contribution in [-0.2, 0) is 4.79 Å². The molecular weight excluding hydrogens is 394 g/mol. The van der Waals surface area contributed by atoms with Gasteiger partial charge in [-0.05, 0) is 37.3 Å². The molecule has 25 heavy (non-hydrogen) atoms. The van der Waals surface area contributed by atoms with Gasteiger partial charge < -0.3 is 10.6 Å². The standard InChI is InChI=1S/C18H17BrF2N2O2/c1-11(15-7-6-14(20)10-16(15)21)23-17(24)8-9-22-18(25)12-2-4-13(19)5-3-12/h2-7,10-11H,8-9H2,1H3,(H,22,25)(H,23,24)/t11-/m1/s1. The van der Waals surface area contributed by atoms with E-state index in [1.165, 1.54) is 6.07 Å². The molecule has 0 bridgehead atoms. The fourth-order valence-corrected chi connectivity index (χ4v) is 2.50. The van der Waals surface area contributed by atoms with Crippen molar-refractivity contribution in [3.8, 4) is 0 Å². The Kier molecular flexibility index (Phi) is 6.64. The number of nitrogens with one attached hydrogen (secondary N) is 2. The summed E-state index contributed by atoms with van der Waals surface area (Å²) >= 11 is 3.29. The van der Waals surface area contributed by atoms with E-state index in [1.54, 1.807) is 31.2 Å². The van der Waals surface area contributed by atoms with Gasteiger partial charge in [-0.3, -0.25) is 9.59 Å². The van der Waals surface area contributed by atoms with Crippen molar-refractivity contribution in [2.75, 3.05) is 6.54 Å². The van der Waals surface area contributed by atoms with Crippen LogP contribution in [0.4, 0.5) is 8.78 Å². The van der Waals surface area contributed by atoms with E-state index in [-0.39, 0.29) is 30.3 Å². The van der Waals surface area contributed by atoms with Crippen molar-refractivity contribution >= 4 is 27.7 Å². The molecule has 0 saturated heterocycles. The normalized spacial score (nSPS) is 11.7. The molecule has 2 rings (SSSR count). The molecule has 0 aliphatic rings. The number of benzene rings is 2. The van der Waals surface area contributed by atoms with Crippen LogP contribution in [0.2, 0.25) is 0 Å². The number of amides is 2. The second-order valence-corrected chi connectivity index (χ2v) is 6.38. The Labute approximate surface area is 152 Å². The molecule has 0 spiro atoms. The number of hydrogen-bond donors (Lipinski definition) is 2. The monoisotopic (exact) mass is 410 g/mol. The van der Waals surface area contributed by atoms with E-state index < -0.39 is 17.7 Å². The fraction of sp³-hybridized carbons (Fsp3) is 0.222. The summed E-state index contributed by atoms with van der Waals surface area (Å²) in [6, 6.07) is 9.44. The highest BCUT2D eigenvalue weighted by atomic mass is 79.9. The third-order valence-electron chi connectivity index (χ3n) is 3.55. The SMILES string of the molecule is C[C@@H](NC(=O)CCNC(=O)c1ccc(Br)cc1)c1ccc(F)cc1F. The molecule has 2 aromatic carbocycles. The van der Waals surface area contributed by atoms with Crippen LogP contribution >= 0.6 is 15.9 Å². The maximum absolute atomic E-state index is 13.7. The molecule has 2 amide bonds. The van der Waals surface area contributed by atoms with Crippen LogP contribution in [0, 0.1) is 11.6 Å². The van der Waals surface area contributed by atoms with E-state index in [9.17, 15) is 18.4 Å². The van der Waals surface area contributed by atoms with Crippen LogP contribution < -0.4 is 10.6 Å². The zero-order chi connectivity index (χ0) is 18.4. The summed E-state index contributed by atoms with van der Waals surface area (Å²) in [6.45, 7) is 1.76. The van der Waals surface area contributed by atoms with E-state index >= 15 is 0 Å². The molecule has 7 heteroatoms. The third-order valence-corrected chi connectivity index (χ3v) is 4.08. The minimum absolute atomic E-state index is 0.0510. The number of rotatable bonds is 6. The lowest BCUT2D eigenvalue weighted by atomic mass is 10.1. The lowest BCUT2D eigenvalue weighted by Gasteiger charge is -2.15. The van der Waals surface area contributed by atoms with Gasteiger partial charge in [0.05, 0.1) is 6.04 Å². The summed E-state index contributed by atoms with van der Waals surface area (Å²) in [5.41, 5.74) is 0.694. The zero-order valence-corrected chi connectivity index (χ0v) is 15.1. The summed E-state index contributed by atoms with van der Waals surface area (Å²) in [5, 5.41) is 5.26. The maximum atomic E-state index is 13.7. The Balaban J connectivity index is 1.80. The molecule has 0 radical (unpaired) electrons. The molecule has 0 aliphatic carbocycles. The molecule has 0 aliphatic heterocycles. The Morgan fingerprint density at radius 2 is 1.80 bits per heavy atom. The minimum atomic E-state index is -0.712. The van der Waals surface area contributed by atoms with Crippen molar-refractivity contribution in [2.45, 2.75) is 19.4 Å². The topological polar surface area (TPSA) is 58.2 Å². The van der Waals surface area contributed by atoms with Gasteiger partial charge in [-0.2, -0.15) is 0 Å². The van der Waals surface area contributed by atoms with Gasteiger partial charge in [0.15, 0.2) is 0 Å². The highest BCUT2D eigenvalue weighted by molar-refractivity contribution is 9.10. The Morgan fingerprint density at radius 3 is 2.44 bits per heavy atom. The molecule has 1 atom stereocenters. The van der Waals surface area contributed by atoms with Crippen molar-refractivity contribution in [3.63, 3.8) is 0 Å². The first-order valence-electron chi connectivity index (χ1n) is 7.65. The summed E-state index contributed by atoms with van der Waals surface area (Å²) in [5.74, 6) is -2.00. The van der Waals surface area contributed by atoms with Gasteiger partial charge in [0.1, 0.15) is 11.6 Å². The summed E-state index contributed by atoms with van der Waals surface area (Å²) in [4.78, 5) is 23.8. The van der Waals surface area contributed by atoms with Gasteiger partial charge in [-0.25, -0.2) is 8.78 Å². The van der Waals surface area contributed by atoms with Crippen molar-refractivity contribution in [3.05, 3.63) is 69.7 Å². The lowest BCUT2D eigenvalue weighted by Crippen LogP contribution is -2.32. The molecule has 0 fully saturated rings. The largest absolute Gasteiger partial charge is 0.352 e. The summed E-state index contributed by atoms with van der Waals surface area (Å²) < 4.78 is 27.4. The molecule has 132 valence electrons. The highest BCUT2D eigenvalue weighted by Crippen LogP contribution is 2.17. The van der Waals surface area contributed by atoms with Gasteiger partial charge in [-0.1, -0.05) is 22.0 Å². The van der Waals surface area contributed by atoms with E-state index in [4.69, 9.17) is 0 Å². The van der Waals surface area contributed by atoms with Crippen molar-refractivity contribution in [2.24, 2.45) is 0 Å². The van der Waals surface area contributed by atoms with Crippen molar-refractivity contribution in [1.29, 1.82) is 0 Å². The number of carbonyl (C=O) groups is 2. The molecular formula is C18H17BrF2N2O2. The zero-order valence-electron chi connectivity index (χ0n) is 13.5. The van der Waals surface area contributed by atoms with Gasteiger partial charge in [-0.15, -0.1) is 0 Å². The second-order valence-electron chi connectivity index (χ2n) is 5.47. The van der Waals surface area contributed by atoms with E-state index in [2.05, 4.69) is 26.6 Å². The molecule has 0 heterocycles. The first-order chi connectivity index (χ1) is 11.9. The highest BCUT2D eigenvalue weighted by Gasteiger charge is 2.14. The van der Waals surface area contributed by atoms with Gasteiger partial charge in [0, 0.05) is 34.6 Å². The molecule has 0 aromatic heterocycles. The van der Waals surface area contributed by atoms with Gasteiger partial charge in [0.2, 0.25) is 5.91 Å². The number of halogens is 3. The quantitative estimate of drug-likeness (QED) is 0.762. The van der Waals surface area contributed by atoms with Gasteiger partial charge in [0.25, 0.3) is 5.91 Å². The average molecular weight is 411 g/mol. The van der Waals surface area contributed by atoms with Crippen LogP contribution in [0.1, 0.15) is 35.3 Å². The van der Waals surface area contributed by atoms with E-state index in [0.29, 0.717) is 5.56 Å². The third kappa shape index (κ3) is 5.63. The molecule has 2 N–H and O–H groups in total. The first kappa shape index (κ1) is 19.1. The average Bonchev–Trinajstić information content (AvgIpc) is 2.55. The predicted molar refractivity (Wildman–Crippen MR) is 94.0 cm³/mol. The maximum Gasteiger partial charge on any atom is 0.251 e. The predicted octanol–water partition coefficient (Wildman–Crippen LogP) is 3.72. The summed E-state index contributed by atoms with van der Waals surface area (Å²) in [7, 11) is 0. The molecule has 4 nitrogen and oxygen atoms in total. The van der Waals surface area contributed by atoms with E-state index in [0.717, 1.165) is 16.6 Å². The number of carbonyl (C=O) groups excluding carboxylic acids is 2. The van der Waals surface area contributed by atoms with Crippen LogP contribution in [-0.4, -0.2) is 18.4 Å². The van der Waals surface area contributed by atoms with Crippen molar-refractivity contribution < 1.29 is 18.4 Å². The fourth-order valence-electron chi connectivity index (χ4n) is 2.24. The Hall–Kier alpha value is -2.28. The molecule has 0 saturated carbocycles. The lowest BCUT2D eigenvalue weighted by molar-refractivity contribution is -0.121. The summed E-state index contributed by atoms with van der Waals surface area (Å²) in [6.07, 6.45) is 0.0510. The van der Waals surface area contributed by atoms with Crippen LogP contribution in [0.5, 0.6) is 0 Å². The van der Waals surface area contributed by atoms with Crippen LogP contribution in [0.15, 0.2) is 46.9 Å². The smallest absolute Gasteiger partial charge is 0.251 e. The molecule has 2 aromatic rings. The second kappa shape index (κ2) is 8.71. The van der Waals surface area contributed by atoms with Gasteiger partial charge >= 0.3 is 0 Å². The van der Waals surface area contributed by atoms with Crippen molar-refractivity contribution in [1.82, 2.24) is 10.6 Å². The van der Waals surface area contributed by atoms with Crippen LogP contribution in [0.25, 0.3) is 0 Å². The van der Waals surface area contributed by atoms with Crippen LogP contribution in [0.3, 0.4) is 0 Å². The molecule has 0 unspecified atom stereocenters. The minimum Gasteiger partial charge on any atom is -0.352 e. The Bertz CT molecular complexity index is 766. The Morgan fingerprint density at radius 1 is 1.12 bits per heavy atom. The van der Waals surface area contributed by atoms with E-state index in [1.807, 2.05) is 0 Å². The first-order valence-corrected chi connectivity index (χ1v) is 8.44. The number of hydrogen-bond acceptors (Lipinski definition) is 2.